The van der Waals surface area contributed by atoms with Crippen LogP contribution in [0.3, 0.4) is 0 Å². The van der Waals surface area contributed by atoms with E-state index in [2.05, 4.69) is 17.9 Å². The second kappa shape index (κ2) is 7.56. The third kappa shape index (κ3) is 4.55. The number of hydrogen-bond donors (Lipinski definition) is 2. The highest BCUT2D eigenvalue weighted by Gasteiger charge is 2.22. The Morgan fingerprint density at radius 2 is 1.80 bits per heavy atom. The maximum atomic E-state index is 11.9. The van der Waals surface area contributed by atoms with Gasteiger partial charge in [0.2, 0.25) is 11.8 Å². The van der Waals surface area contributed by atoms with Crippen LogP contribution in [0.5, 0.6) is 0 Å². The maximum absolute atomic E-state index is 11.9. The summed E-state index contributed by atoms with van der Waals surface area (Å²) in [6, 6.07) is -0.499. The third-order valence-electron chi connectivity index (χ3n) is 2.21. The Hall–Kier alpha value is -0.710. The fraction of sp³-hybridized carbons (Fsp3) is 0.800. The summed E-state index contributed by atoms with van der Waals surface area (Å²) in [6.45, 7) is 6.90. The van der Waals surface area contributed by atoms with Crippen molar-refractivity contribution < 1.29 is 9.59 Å². The van der Waals surface area contributed by atoms with E-state index >= 15 is 0 Å². The summed E-state index contributed by atoms with van der Waals surface area (Å²) in [6.07, 6.45) is 0.385. The van der Waals surface area contributed by atoms with E-state index in [0.29, 0.717) is 25.3 Å². The molecule has 1 atom stereocenters. The monoisotopic (exact) mass is 232 g/mol. The lowest BCUT2D eigenvalue weighted by Crippen LogP contribution is -2.49. The van der Waals surface area contributed by atoms with E-state index in [-0.39, 0.29) is 11.8 Å². The first kappa shape index (κ1) is 14.3. The van der Waals surface area contributed by atoms with Crippen molar-refractivity contribution in [1.29, 1.82) is 0 Å². The Morgan fingerprint density at radius 3 is 2.13 bits per heavy atom. The number of nitrogens with zero attached hydrogens (tertiary/aromatic N) is 1. The van der Waals surface area contributed by atoms with Gasteiger partial charge in [-0.3, -0.25) is 9.59 Å². The molecule has 0 aliphatic heterocycles. The molecular weight excluding hydrogens is 212 g/mol. The highest BCUT2D eigenvalue weighted by molar-refractivity contribution is 7.80. The SMILES string of the molecule is CCC(=O)NC(CS)C(=O)N(CC)CC. The predicted octanol–water partition coefficient (Wildman–Crippen LogP) is 0.679. The van der Waals surface area contributed by atoms with Crippen LogP contribution in [-0.2, 0) is 9.59 Å². The van der Waals surface area contributed by atoms with Crippen LogP contribution in [0, 0.1) is 0 Å². The van der Waals surface area contributed by atoms with Gasteiger partial charge in [-0.1, -0.05) is 6.92 Å². The molecule has 0 bridgehead atoms. The summed E-state index contributed by atoms with van der Waals surface area (Å²) < 4.78 is 0. The highest BCUT2D eigenvalue weighted by atomic mass is 32.1. The Bertz CT molecular complexity index is 217. The summed E-state index contributed by atoms with van der Waals surface area (Å²) >= 11 is 4.08. The Morgan fingerprint density at radius 1 is 1.27 bits per heavy atom. The standard InChI is InChI=1S/C10H20N2O2S/c1-4-9(13)11-8(7-15)10(14)12(5-2)6-3/h8,15H,4-7H2,1-3H3,(H,11,13). The van der Waals surface area contributed by atoms with Crippen LogP contribution in [0.4, 0.5) is 0 Å². The minimum absolute atomic E-state index is 0.0585. The third-order valence-corrected chi connectivity index (χ3v) is 2.58. The first-order chi connectivity index (χ1) is 7.10. The first-order valence-electron chi connectivity index (χ1n) is 5.29. The van der Waals surface area contributed by atoms with Crippen LogP contribution < -0.4 is 5.32 Å². The molecule has 0 saturated heterocycles. The molecule has 15 heavy (non-hydrogen) atoms. The number of hydrogen-bond acceptors (Lipinski definition) is 3. The van der Waals surface area contributed by atoms with E-state index in [1.54, 1.807) is 11.8 Å². The predicted molar refractivity (Wildman–Crippen MR) is 64.0 cm³/mol. The van der Waals surface area contributed by atoms with Crippen molar-refractivity contribution >= 4 is 24.4 Å². The summed E-state index contributed by atoms with van der Waals surface area (Å²) in [5.74, 6) is 0.160. The van der Waals surface area contributed by atoms with E-state index in [0.717, 1.165) is 0 Å². The molecule has 0 rings (SSSR count). The molecule has 4 nitrogen and oxygen atoms in total. The molecule has 5 heteroatoms. The van der Waals surface area contributed by atoms with Crippen molar-refractivity contribution in [2.45, 2.75) is 33.2 Å². The molecule has 0 spiro atoms. The average molecular weight is 232 g/mol. The molecule has 0 aromatic carbocycles. The zero-order valence-electron chi connectivity index (χ0n) is 9.62. The first-order valence-corrected chi connectivity index (χ1v) is 5.92. The highest BCUT2D eigenvalue weighted by Crippen LogP contribution is 1.98. The lowest BCUT2D eigenvalue weighted by Gasteiger charge is -2.24. The fourth-order valence-electron chi connectivity index (χ4n) is 1.24. The molecule has 0 saturated carbocycles. The number of nitrogens with one attached hydrogen (secondary N) is 1. The van der Waals surface area contributed by atoms with Gasteiger partial charge in [0.1, 0.15) is 6.04 Å². The molecule has 1 N–H and O–H groups in total. The lowest BCUT2D eigenvalue weighted by molar-refractivity contribution is -0.135. The largest absolute Gasteiger partial charge is 0.344 e. The van der Waals surface area contributed by atoms with E-state index in [9.17, 15) is 9.59 Å². The molecule has 1 unspecified atom stereocenters. The smallest absolute Gasteiger partial charge is 0.245 e. The number of carbonyl (C=O) groups is 2. The maximum Gasteiger partial charge on any atom is 0.245 e. The number of rotatable bonds is 6. The molecule has 0 aliphatic carbocycles. The van der Waals surface area contributed by atoms with Gasteiger partial charge in [-0.25, -0.2) is 0 Å². The number of amides is 2. The minimum Gasteiger partial charge on any atom is -0.344 e. The summed E-state index contributed by atoms with van der Waals surface area (Å²) in [4.78, 5) is 24.7. The van der Waals surface area contributed by atoms with Crippen LogP contribution in [0.15, 0.2) is 0 Å². The van der Waals surface area contributed by atoms with Crippen LogP contribution in [-0.4, -0.2) is 41.6 Å². The van der Waals surface area contributed by atoms with Gasteiger partial charge in [-0.15, -0.1) is 0 Å². The topological polar surface area (TPSA) is 49.4 Å². The zero-order valence-corrected chi connectivity index (χ0v) is 10.5. The number of thiol groups is 1. The molecule has 88 valence electrons. The van der Waals surface area contributed by atoms with Crippen molar-refractivity contribution in [3.05, 3.63) is 0 Å². The van der Waals surface area contributed by atoms with Gasteiger partial charge in [-0.05, 0) is 13.8 Å². The zero-order chi connectivity index (χ0) is 11.8. The van der Waals surface area contributed by atoms with Crippen LogP contribution in [0.25, 0.3) is 0 Å². The van der Waals surface area contributed by atoms with Crippen molar-refractivity contribution in [1.82, 2.24) is 10.2 Å². The Kier molecular flexibility index (Phi) is 7.21. The normalized spacial score (nSPS) is 12.0. The van der Waals surface area contributed by atoms with Crippen LogP contribution in [0.2, 0.25) is 0 Å². The van der Waals surface area contributed by atoms with E-state index in [4.69, 9.17) is 0 Å². The molecule has 0 aromatic heterocycles. The van der Waals surface area contributed by atoms with Crippen molar-refractivity contribution in [2.75, 3.05) is 18.8 Å². The number of likely N-dealkylation sites (N-methyl/N-ethyl adjacent to an activating group) is 1. The van der Waals surface area contributed by atoms with Gasteiger partial charge in [0.05, 0.1) is 0 Å². The summed E-state index contributed by atoms with van der Waals surface area (Å²) in [5, 5.41) is 2.66. The van der Waals surface area contributed by atoms with Crippen molar-refractivity contribution in [3.63, 3.8) is 0 Å². The second-order valence-electron chi connectivity index (χ2n) is 3.17. The van der Waals surface area contributed by atoms with Gasteiger partial charge >= 0.3 is 0 Å². The molecule has 2 amide bonds. The van der Waals surface area contributed by atoms with Crippen molar-refractivity contribution in [3.8, 4) is 0 Å². The minimum atomic E-state index is -0.499. The van der Waals surface area contributed by atoms with Gasteiger partial charge in [0.15, 0.2) is 0 Å². The van der Waals surface area contributed by atoms with Gasteiger partial charge in [-0.2, -0.15) is 12.6 Å². The van der Waals surface area contributed by atoms with Crippen LogP contribution >= 0.6 is 12.6 Å². The molecule has 0 aliphatic rings. The summed E-state index contributed by atoms with van der Waals surface area (Å²) in [5.41, 5.74) is 0. The van der Waals surface area contributed by atoms with E-state index < -0.39 is 6.04 Å². The van der Waals surface area contributed by atoms with Gasteiger partial charge in [0, 0.05) is 25.3 Å². The van der Waals surface area contributed by atoms with Gasteiger partial charge in [0.25, 0.3) is 0 Å². The second-order valence-corrected chi connectivity index (χ2v) is 3.53. The van der Waals surface area contributed by atoms with E-state index in [1.165, 1.54) is 0 Å². The molecule has 0 radical (unpaired) electrons. The summed E-state index contributed by atoms with van der Waals surface area (Å²) in [7, 11) is 0. The Balaban J connectivity index is 4.38. The van der Waals surface area contributed by atoms with Crippen LogP contribution in [0.1, 0.15) is 27.2 Å². The number of carbonyl (C=O) groups excluding carboxylic acids is 2. The van der Waals surface area contributed by atoms with Gasteiger partial charge < -0.3 is 10.2 Å². The lowest BCUT2D eigenvalue weighted by atomic mass is 10.2. The quantitative estimate of drug-likeness (QED) is 0.662. The molecule has 0 fully saturated rings. The average Bonchev–Trinajstić information content (AvgIpc) is 2.26. The van der Waals surface area contributed by atoms with Crippen molar-refractivity contribution in [2.24, 2.45) is 0 Å². The van der Waals surface area contributed by atoms with E-state index in [1.807, 2.05) is 13.8 Å². The molecule has 0 aromatic rings. The Labute approximate surface area is 96.8 Å². The molecule has 0 heterocycles. The fourth-order valence-corrected chi connectivity index (χ4v) is 1.49. The molecular formula is C10H20N2O2S.